The molecule has 1 aliphatic carbocycles. The number of hydrogen-bond donors (Lipinski definition) is 1. The van der Waals surface area contributed by atoms with Gasteiger partial charge in [0.25, 0.3) is 5.56 Å². The predicted molar refractivity (Wildman–Crippen MR) is 134 cm³/mol. The number of thioether (sulfide) groups is 1. The predicted octanol–water partition coefficient (Wildman–Crippen LogP) is 4.19. The van der Waals surface area contributed by atoms with E-state index in [0.717, 1.165) is 53.6 Å². The van der Waals surface area contributed by atoms with Crippen LogP contribution in [-0.4, -0.2) is 29.1 Å². The standard InChI is InChI=1S/C23H28N6O2S2/c1-4-6-11-29-19-18(20(30)27-23(29)31)28(10-5-2)16(26-19)12-32-21-17-14-8-7-9-15(14)33-22(17)25-13(3)24-21/h4-12H2,1-3H3,(H,27,30,31). The molecule has 0 saturated heterocycles. The van der Waals surface area contributed by atoms with Gasteiger partial charge in [-0.25, -0.2) is 19.7 Å². The van der Waals surface area contributed by atoms with Crippen LogP contribution in [0, 0.1) is 6.92 Å². The number of rotatable bonds is 8. The second kappa shape index (κ2) is 9.06. The molecule has 4 aromatic rings. The van der Waals surface area contributed by atoms with Crippen molar-refractivity contribution in [2.45, 2.75) is 83.2 Å². The van der Waals surface area contributed by atoms with Crippen LogP contribution in [0.15, 0.2) is 14.6 Å². The molecule has 4 heterocycles. The number of fused-ring (bicyclic) bond motifs is 4. The number of nitrogens with zero attached hydrogens (tertiary/aromatic N) is 5. The Kier molecular flexibility index (Phi) is 6.13. The second-order valence-electron chi connectivity index (χ2n) is 8.52. The molecule has 0 unspecified atom stereocenters. The van der Waals surface area contributed by atoms with Gasteiger partial charge in [0.05, 0.1) is 5.75 Å². The normalized spacial score (nSPS) is 13.4. The van der Waals surface area contributed by atoms with Crippen molar-refractivity contribution in [1.82, 2.24) is 29.1 Å². The van der Waals surface area contributed by atoms with Gasteiger partial charge in [0.2, 0.25) is 0 Å². The van der Waals surface area contributed by atoms with Crippen molar-refractivity contribution in [1.29, 1.82) is 0 Å². The molecule has 0 amide bonds. The molecule has 0 saturated carbocycles. The first-order valence-electron chi connectivity index (χ1n) is 11.7. The minimum Gasteiger partial charge on any atom is -0.321 e. The summed E-state index contributed by atoms with van der Waals surface area (Å²) in [4.78, 5) is 44.6. The first kappa shape index (κ1) is 22.3. The molecule has 8 nitrogen and oxygen atoms in total. The number of unbranched alkanes of at least 4 members (excludes halogenated alkanes) is 1. The van der Waals surface area contributed by atoms with Crippen LogP contribution in [0.3, 0.4) is 0 Å². The van der Waals surface area contributed by atoms with Crippen LogP contribution in [0.1, 0.15) is 61.6 Å². The second-order valence-corrected chi connectivity index (χ2v) is 10.6. The van der Waals surface area contributed by atoms with Crippen molar-refractivity contribution in [3.63, 3.8) is 0 Å². The lowest BCUT2D eigenvalue weighted by atomic mass is 10.2. The van der Waals surface area contributed by atoms with Gasteiger partial charge in [-0.2, -0.15) is 0 Å². The number of nitrogens with one attached hydrogen (secondary N) is 1. The van der Waals surface area contributed by atoms with Gasteiger partial charge in [-0.05, 0) is 44.6 Å². The maximum Gasteiger partial charge on any atom is 0.330 e. The number of thiophene rings is 1. The van der Waals surface area contributed by atoms with E-state index in [-0.39, 0.29) is 11.2 Å². The highest BCUT2D eigenvalue weighted by molar-refractivity contribution is 7.98. The Hall–Kier alpha value is -2.46. The van der Waals surface area contributed by atoms with Crippen LogP contribution in [-0.2, 0) is 31.7 Å². The average molecular weight is 485 g/mol. The summed E-state index contributed by atoms with van der Waals surface area (Å²) in [5, 5.41) is 2.18. The summed E-state index contributed by atoms with van der Waals surface area (Å²) >= 11 is 3.45. The zero-order valence-electron chi connectivity index (χ0n) is 19.2. The lowest BCUT2D eigenvalue weighted by molar-refractivity contribution is 0.612. The van der Waals surface area contributed by atoms with E-state index in [2.05, 4.69) is 23.8 Å². The van der Waals surface area contributed by atoms with Gasteiger partial charge in [-0.1, -0.05) is 32.0 Å². The summed E-state index contributed by atoms with van der Waals surface area (Å²) in [5.41, 5.74) is 1.63. The Labute approximate surface area is 199 Å². The highest BCUT2D eigenvalue weighted by atomic mass is 32.2. The first-order chi connectivity index (χ1) is 16.0. The molecule has 0 atom stereocenters. The summed E-state index contributed by atoms with van der Waals surface area (Å²) in [6, 6.07) is 0. The Morgan fingerprint density at radius 2 is 1.91 bits per heavy atom. The largest absolute Gasteiger partial charge is 0.330 e. The Balaban J connectivity index is 1.58. The van der Waals surface area contributed by atoms with E-state index in [1.165, 1.54) is 22.2 Å². The number of hydrogen-bond acceptors (Lipinski definition) is 7. The van der Waals surface area contributed by atoms with Crippen LogP contribution < -0.4 is 11.2 Å². The molecule has 0 spiro atoms. The highest BCUT2D eigenvalue weighted by Gasteiger charge is 2.23. The van der Waals surface area contributed by atoms with Crippen LogP contribution in [0.4, 0.5) is 0 Å². The number of aromatic amines is 1. The summed E-state index contributed by atoms with van der Waals surface area (Å²) in [6.07, 6.45) is 6.09. The average Bonchev–Trinajstić information content (AvgIpc) is 3.45. The fourth-order valence-corrected chi connectivity index (χ4v) is 7.04. The molecule has 0 aliphatic heterocycles. The molecule has 10 heteroatoms. The van der Waals surface area contributed by atoms with Gasteiger partial charge in [0.15, 0.2) is 11.2 Å². The third-order valence-electron chi connectivity index (χ3n) is 6.13. The van der Waals surface area contributed by atoms with Gasteiger partial charge in [0, 0.05) is 23.4 Å². The third-order valence-corrected chi connectivity index (χ3v) is 8.29. The summed E-state index contributed by atoms with van der Waals surface area (Å²) in [7, 11) is 0. The van der Waals surface area contributed by atoms with Crippen molar-refractivity contribution in [3.8, 4) is 0 Å². The number of H-pyrrole nitrogens is 1. The Morgan fingerprint density at radius 1 is 1.06 bits per heavy atom. The molecular formula is C23H28N6O2S2. The fraction of sp³-hybridized carbons (Fsp3) is 0.522. The van der Waals surface area contributed by atoms with E-state index in [0.29, 0.717) is 30.0 Å². The third kappa shape index (κ3) is 3.93. The van der Waals surface area contributed by atoms with Gasteiger partial charge < -0.3 is 4.57 Å². The summed E-state index contributed by atoms with van der Waals surface area (Å²) < 4.78 is 3.59. The quantitative estimate of drug-likeness (QED) is 0.297. The van der Waals surface area contributed by atoms with Crippen LogP contribution >= 0.6 is 23.1 Å². The van der Waals surface area contributed by atoms with Crippen molar-refractivity contribution < 1.29 is 0 Å². The molecule has 5 rings (SSSR count). The molecule has 1 N–H and O–H groups in total. The Morgan fingerprint density at radius 3 is 2.70 bits per heavy atom. The number of aryl methyl sites for hydroxylation is 5. The maximum absolute atomic E-state index is 12.8. The van der Waals surface area contributed by atoms with E-state index in [9.17, 15) is 9.59 Å². The summed E-state index contributed by atoms with van der Waals surface area (Å²) in [6.45, 7) is 7.32. The van der Waals surface area contributed by atoms with Crippen LogP contribution in [0.5, 0.6) is 0 Å². The van der Waals surface area contributed by atoms with E-state index in [1.54, 1.807) is 27.7 Å². The van der Waals surface area contributed by atoms with Crippen molar-refractivity contribution >= 4 is 44.5 Å². The van der Waals surface area contributed by atoms with E-state index < -0.39 is 0 Å². The van der Waals surface area contributed by atoms with Crippen molar-refractivity contribution in [3.05, 3.63) is 42.9 Å². The van der Waals surface area contributed by atoms with Gasteiger partial charge >= 0.3 is 5.69 Å². The fourth-order valence-electron chi connectivity index (χ4n) is 4.62. The number of aromatic nitrogens is 6. The first-order valence-corrected chi connectivity index (χ1v) is 13.5. The molecule has 0 radical (unpaired) electrons. The Bertz CT molecular complexity index is 1460. The molecule has 4 aromatic heterocycles. The minimum absolute atomic E-state index is 0.365. The highest BCUT2D eigenvalue weighted by Crippen LogP contribution is 2.41. The molecule has 1 aliphatic rings. The summed E-state index contributed by atoms with van der Waals surface area (Å²) in [5.74, 6) is 2.15. The monoisotopic (exact) mass is 484 g/mol. The molecule has 0 fully saturated rings. The molecule has 33 heavy (non-hydrogen) atoms. The zero-order valence-corrected chi connectivity index (χ0v) is 20.9. The topological polar surface area (TPSA) is 98.5 Å². The van der Waals surface area contributed by atoms with Crippen molar-refractivity contribution in [2.24, 2.45) is 0 Å². The number of imidazole rings is 1. The molecule has 174 valence electrons. The van der Waals surface area contributed by atoms with Crippen LogP contribution in [0.2, 0.25) is 0 Å². The van der Waals surface area contributed by atoms with Gasteiger partial charge in [-0.15, -0.1) is 11.3 Å². The molecular weight excluding hydrogens is 456 g/mol. The zero-order chi connectivity index (χ0) is 23.1. The smallest absolute Gasteiger partial charge is 0.321 e. The lowest BCUT2D eigenvalue weighted by Crippen LogP contribution is -2.31. The molecule has 0 bridgehead atoms. The van der Waals surface area contributed by atoms with E-state index in [4.69, 9.17) is 9.97 Å². The van der Waals surface area contributed by atoms with E-state index >= 15 is 0 Å². The molecule has 0 aromatic carbocycles. The van der Waals surface area contributed by atoms with Crippen molar-refractivity contribution in [2.75, 3.05) is 0 Å². The lowest BCUT2D eigenvalue weighted by Gasteiger charge is -2.08. The van der Waals surface area contributed by atoms with Crippen LogP contribution in [0.25, 0.3) is 21.4 Å². The van der Waals surface area contributed by atoms with Gasteiger partial charge in [0.1, 0.15) is 21.5 Å². The SMILES string of the molecule is CCCCn1c(=O)[nH]c(=O)c2c1nc(CSc1nc(C)nc3sc4c(c13)CCC4)n2CCC. The van der Waals surface area contributed by atoms with Gasteiger partial charge in [-0.3, -0.25) is 14.3 Å². The minimum atomic E-state index is -0.386. The maximum atomic E-state index is 12.8. The van der Waals surface area contributed by atoms with E-state index in [1.807, 2.05) is 11.5 Å².